The van der Waals surface area contributed by atoms with Gasteiger partial charge in [-0.15, -0.1) is 0 Å². The molecule has 0 atom stereocenters. The number of nitrogens with zero attached hydrogens (tertiary/aromatic N) is 4. The minimum atomic E-state index is -3.95. The van der Waals surface area contributed by atoms with E-state index in [4.69, 9.17) is 48.6 Å². The number of ether oxygens (including phenoxy) is 2. The van der Waals surface area contributed by atoms with Crippen molar-refractivity contribution in [2.75, 3.05) is 4.72 Å². The Hall–Kier alpha value is -5.22. The normalized spacial score (nSPS) is 10.8. The van der Waals surface area contributed by atoms with E-state index in [-0.39, 0.29) is 38.2 Å². The molecule has 2 aromatic heterocycles. The van der Waals surface area contributed by atoms with E-state index in [1.807, 2.05) is 12.1 Å². The number of aromatic nitrogens is 2. The fraction of sp³-hybridized carbons (Fsp3) is 0.0312. The molecule has 3 aromatic carbocycles. The summed E-state index contributed by atoms with van der Waals surface area (Å²) in [6.45, 7) is 1.42. The molecule has 0 amide bonds. The van der Waals surface area contributed by atoms with Crippen molar-refractivity contribution < 1.29 is 31.1 Å². The highest BCUT2D eigenvalue weighted by molar-refractivity contribution is 8.13. The van der Waals surface area contributed by atoms with Crippen molar-refractivity contribution in [3.05, 3.63) is 124 Å². The van der Waals surface area contributed by atoms with E-state index < -0.39 is 19.1 Å². The maximum absolute atomic E-state index is 12.6. The van der Waals surface area contributed by atoms with Crippen LogP contribution in [0.15, 0.2) is 107 Å². The van der Waals surface area contributed by atoms with Gasteiger partial charge in [-0.1, -0.05) is 23.2 Å². The zero-order chi connectivity index (χ0) is 35.8. The summed E-state index contributed by atoms with van der Waals surface area (Å²) in [5.74, 6) is 0.870. The third kappa shape index (κ3) is 10.1. The lowest BCUT2D eigenvalue weighted by Crippen LogP contribution is -2.13. The molecular formula is C32H20Cl3N5O7S2. The van der Waals surface area contributed by atoms with Gasteiger partial charge in [-0.05, 0) is 67.6 Å². The van der Waals surface area contributed by atoms with E-state index in [2.05, 4.69) is 14.7 Å². The Morgan fingerprint density at radius 3 is 1.61 bits per heavy atom. The smallest absolute Gasteiger partial charge is 0.261 e. The van der Waals surface area contributed by atoms with E-state index in [0.717, 1.165) is 6.07 Å². The molecule has 0 saturated heterocycles. The fourth-order valence-corrected chi connectivity index (χ4v) is 6.02. The van der Waals surface area contributed by atoms with Crippen molar-refractivity contribution in [1.29, 1.82) is 10.5 Å². The number of rotatable bonds is 9. The molecule has 0 fully saturated rings. The standard InChI is InChI=1S/C20H14ClN3O4S.C12H6Cl2N2O3S/c1-13(25)14-2-4-17(5-3-14)24-29(26,27)19-6-7-20(15(8-19)10-22)28-18-9-16(21)11-23-12-18;13-9-4-10(7-16-6-9)19-12-2-1-11(20(14,17)18)3-8(12)5-15/h2-9,11-12,24H,1H3;1-4,6-7H. The lowest BCUT2D eigenvalue weighted by molar-refractivity contribution is 0.101. The summed E-state index contributed by atoms with van der Waals surface area (Å²) in [6.07, 6.45) is 5.70. The summed E-state index contributed by atoms with van der Waals surface area (Å²) < 4.78 is 61.1. The van der Waals surface area contributed by atoms with Crippen molar-refractivity contribution in [1.82, 2.24) is 9.97 Å². The first-order chi connectivity index (χ1) is 23.2. The second-order valence-electron chi connectivity index (χ2n) is 9.60. The van der Waals surface area contributed by atoms with Gasteiger partial charge in [0.2, 0.25) is 0 Å². The van der Waals surface area contributed by atoms with E-state index in [1.54, 1.807) is 0 Å². The molecule has 2 heterocycles. The molecule has 248 valence electrons. The van der Waals surface area contributed by atoms with Crippen LogP contribution in [0.4, 0.5) is 5.69 Å². The van der Waals surface area contributed by atoms with Gasteiger partial charge in [0, 0.05) is 46.5 Å². The largest absolute Gasteiger partial charge is 0.454 e. The molecule has 0 saturated carbocycles. The van der Waals surface area contributed by atoms with Gasteiger partial charge in [0.1, 0.15) is 35.1 Å². The van der Waals surface area contributed by atoms with Crippen LogP contribution in [-0.4, -0.2) is 32.6 Å². The fourth-order valence-electron chi connectivity index (χ4n) is 3.83. The Morgan fingerprint density at radius 2 is 1.18 bits per heavy atom. The van der Waals surface area contributed by atoms with Gasteiger partial charge in [-0.3, -0.25) is 19.5 Å². The van der Waals surface area contributed by atoms with Crippen LogP contribution in [0, 0.1) is 22.7 Å². The number of nitrogens with one attached hydrogen (secondary N) is 1. The van der Waals surface area contributed by atoms with Crippen molar-refractivity contribution in [3.63, 3.8) is 0 Å². The van der Waals surface area contributed by atoms with Gasteiger partial charge in [0.15, 0.2) is 5.78 Å². The number of carbonyl (C=O) groups excluding carboxylic acids is 1. The maximum atomic E-state index is 12.6. The predicted octanol–water partition coefficient (Wildman–Crippen LogP) is 7.73. The quantitative estimate of drug-likeness (QED) is 0.114. The Kier molecular flexibility index (Phi) is 11.8. The highest BCUT2D eigenvalue weighted by Gasteiger charge is 2.18. The minimum Gasteiger partial charge on any atom is -0.454 e. The number of hydrogen-bond acceptors (Lipinski definition) is 11. The van der Waals surface area contributed by atoms with E-state index in [1.165, 1.54) is 98.4 Å². The molecule has 0 spiro atoms. The predicted molar refractivity (Wildman–Crippen MR) is 181 cm³/mol. The Bertz CT molecular complexity index is 2340. The lowest BCUT2D eigenvalue weighted by Gasteiger charge is -2.11. The van der Waals surface area contributed by atoms with Gasteiger partial charge in [0.25, 0.3) is 19.1 Å². The highest BCUT2D eigenvalue weighted by atomic mass is 35.7. The summed E-state index contributed by atoms with van der Waals surface area (Å²) in [6, 6.07) is 20.5. The Labute approximate surface area is 295 Å². The third-order valence-electron chi connectivity index (χ3n) is 6.09. The Balaban J connectivity index is 0.000000237. The summed E-state index contributed by atoms with van der Waals surface area (Å²) in [5, 5.41) is 19.2. The van der Waals surface area contributed by atoms with Crippen LogP contribution < -0.4 is 14.2 Å². The van der Waals surface area contributed by atoms with Gasteiger partial charge in [0.05, 0.1) is 43.4 Å². The number of nitriles is 2. The van der Waals surface area contributed by atoms with Crippen molar-refractivity contribution in [2.45, 2.75) is 16.7 Å². The number of anilines is 1. The van der Waals surface area contributed by atoms with Gasteiger partial charge in [-0.25, -0.2) is 16.8 Å². The first-order valence-electron chi connectivity index (χ1n) is 13.4. The zero-order valence-electron chi connectivity index (χ0n) is 24.8. The van der Waals surface area contributed by atoms with Crippen LogP contribution in [0.3, 0.4) is 0 Å². The van der Waals surface area contributed by atoms with Crippen molar-refractivity contribution >= 4 is 64.4 Å². The second-order valence-corrected chi connectivity index (χ2v) is 14.7. The van der Waals surface area contributed by atoms with Crippen LogP contribution in [-0.2, 0) is 19.1 Å². The van der Waals surface area contributed by atoms with Crippen LogP contribution in [0.5, 0.6) is 23.0 Å². The lowest BCUT2D eigenvalue weighted by atomic mass is 10.1. The third-order valence-corrected chi connectivity index (χ3v) is 9.24. The molecule has 5 aromatic rings. The zero-order valence-corrected chi connectivity index (χ0v) is 28.7. The van der Waals surface area contributed by atoms with E-state index >= 15 is 0 Å². The molecule has 12 nitrogen and oxygen atoms in total. The highest BCUT2D eigenvalue weighted by Crippen LogP contribution is 2.30. The molecular weight excluding hydrogens is 737 g/mol. The van der Waals surface area contributed by atoms with Gasteiger partial charge >= 0.3 is 0 Å². The average molecular weight is 757 g/mol. The van der Waals surface area contributed by atoms with E-state index in [0.29, 0.717) is 32.8 Å². The molecule has 17 heteroatoms. The van der Waals surface area contributed by atoms with Crippen LogP contribution in [0.25, 0.3) is 0 Å². The number of halogens is 3. The van der Waals surface area contributed by atoms with Crippen LogP contribution >= 0.6 is 33.9 Å². The monoisotopic (exact) mass is 755 g/mol. The number of pyridine rings is 2. The summed E-state index contributed by atoms with van der Waals surface area (Å²) in [7, 11) is -2.63. The van der Waals surface area contributed by atoms with Crippen LogP contribution in [0.2, 0.25) is 10.0 Å². The maximum Gasteiger partial charge on any atom is 0.261 e. The topological polar surface area (TPSA) is 189 Å². The van der Waals surface area contributed by atoms with Gasteiger partial charge in [-0.2, -0.15) is 10.5 Å². The Morgan fingerprint density at radius 1 is 0.714 bits per heavy atom. The van der Waals surface area contributed by atoms with Crippen LogP contribution in [0.1, 0.15) is 28.4 Å². The molecule has 49 heavy (non-hydrogen) atoms. The number of carbonyl (C=O) groups is 1. The minimum absolute atomic E-state index is 0.0276. The summed E-state index contributed by atoms with van der Waals surface area (Å²) in [5.41, 5.74) is 0.821. The van der Waals surface area contributed by atoms with Crippen molar-refractivity contribution in [3.8, 4) is 35.1 Å². The second kappa shape index (κ2) is 15.8. The van der Waals surface area contributed by atoms with E-state index in [9.17, 15) is 26.9 Å². The number of Topliss-reactive ketones (excluding diaryl/α,β-unsaturated/α-hetero) is 1. The summed E-state index contributed by atoms with van der Waals surface area (Å²) in [4.78, 5) is 18.8. The molecule has 0 aliphatic carbocycles. The average Bonchev–Trinajstić information content (AvgIpc) is 3.05. The number of benzene rings is 3. The summed E-state index contributed by atoms with van der Waals surface area (Å²) >= 11 is 11.6. The molecule has 0 unspecified atom stereocenters. The first-order valence-corrected chi connectivity index (χ1v) is 18.0. The molecule has 0 radical (unpaired) electrons. The number of hydrogen-bond donors (Lipinski definition) is 1. The first kappa shape index (κ1) is 36.6. The molecule has 1 N–H and O–H groups in total. The molecule has 0 bridgehead atoms. The molecule has 0 aliphatic heterocycles. The molecule has 0 aliphatic rings. The molecule has 5 rings (SSSR count). The number of sulfonamides is 1. The number of ketones is 1. The SMILES string of the molecule is CC(=O)c1ccc(NS(=O)(=O)c2ccc(Oc3cncc(Cl)c3)c(C#N)c2)cc1.N#Cc1cc(S(=O)(=O)Cl)ccc1Oc1cncc(Cl)c1. The van der Waals surface area contributed by atoms with Crippen molar-refractivity contribution in [2.24, 2.45) is 0 Å². The van der Waals surface area contributed by atoms with Gasteiger partial charge < -0.3 is 9.47 Å².